The van der Waals surface area contributed by atoms with Crippen LogP contribution in [-0.4, -0.2) is 29.8 Å². The lowest BCUT2D eigenvalue weighted by Crippen LogP contribution is -2.39. The van der Waals surface area contributed by atoms with Crippen molar-refractivity contribution < 1.29 is 24.2 Å². The molecule has 2 rings (SSSR count). The predicted molar refractivity (Wildman–Crippen MR) is 75.1 cm³/mol. The number of ether oxygens (including phenoxy) is 2. The maximum Gasteiger partial charge on any atom is 0.325 e. The number of nitriles is 1. The van der Waals surface area contributed by atoms with E-state index in [2.05, 4.69) is 10.6 Å². The van der Waals surface area contributed by atoms with E-state index in [0.29, 0.717) is 17.2 Å². The zero-order chi connectivity index (χ0) is 16.1. The molecule has 8 heteroatoms. The molecule has 0 radical (unpaired) electrons. The highest BCUT2D eigenvalue weighted by molar-refractivity contribution is 5.99. The van der Waals surface area contributed by atoms with E-state index in [1.54, 1.807) is 24.3 Å². The number of benzene rings is 1. The van der Waals surface area contributed by atoms with Gasteiger partial charge in [-0.15, -0.1) is 0 Å². The highest BCUT2D eigenvalue weighted by atomic mass is 16.7. The fourth-order valence-corrected chi connectivity index (χ4v) is 1.63. The van der Waals surface area contributed by atoms with Crippen LogP contribution in [0, 0.1) is 11.3 Å². The Hall–Kier alpha value is -3.21. The Morgan fingerprint density at radius 3 is 2.82 bits per heavy atom. The molecule has 1 atom stereocenters. The number of carbonyl (C=O) groups excluding carboxylic acids is 1. The zero-order valence-corrected chi connectivity index (χ0v) is 11.6. The van der Waals surface area contributed by atoms with E-state index in [0.717, 1.165) is 0 Å². The van der Waals surface area contributed by atoms with Crippen molar-refractivity contribution in [2.24, 2.45) is 0 Å². The quantitative estimate of drug-likeness (QED) is 0.544. The molecule has 114 valence electrons. The highest BCUT2D eigenvalue weighted by Gasteiger charge is 2.17. The third-order valence-corrected chi connectivity index (χ3v) is 2.84. The van der Waals surface area contributed by atoms with Crippen molar-refractivity contribution in [1.29, 1.82) is 5.26 Å². The number of nitrogens with one attached hydrogen (secondary N) is 2. The normalized spacial score (nSPS) is 13.9. The number of nitrogens with zero attached hydrogens (tertiary/aromatic N) is 1. The number of aliphatic carboxylic acids is 1. The number of amides is 1. The number of carboxylic acids is 1. The van der Waals surface area contributed by atoms with Gasteiger partial charge < -0.3 is 25.2 Å². The molecule has 0 fully saturated rings. The smallest absolute Gasteiger partial charge is 0.325 e. The zero-order valence-electron chi connectivity index (χ0n) is 11.6. The third-order valence-electron chi connectivity index (χ3n) is 2.84. The summed E-state index contributed by atoms with van der Waals surface area (Å²) in [7, 11) is 0. The van der Waals surface area contributed by atoms with Crippen LogP contribution in [0.3, 0.4) is 0 Å². The lowest BCUT2D eigenvalue weighted by Gasteiger charge is -2.08. The van der Waals surface area contributed by atoms with Gasteiger partial charge in [0.05, 0.1) is 0 Å². The minimum Gasteiger partial charge on any atom is -0.480 e. The molecule has 0 saturated heterocycles. The number of fused-ring (bicyclic) bond motifs is 1. The molecule has 8 nitrogen and oxygen atoms in total. The molecule has 1 unspecified atom stereocenters. The van der Waals surface area contributed by atoms with Crippen molar-refractivity contribution in [2.45, 2.75) is 13.0 Å². The van der Waals surface area contributed by atoms with Crippen molar-refractivity contribution in [3.05, 3.63) is 30.0 Å². The number of rotatable bonds is 5. The summed E-state index contributed by atoms with van der Waals surface area (Å²) in [5.74, 6) is -0.788. The third kappa shape index (κ3) is 3.46. The first-order chi connectivity index (χ1) is 10.5. The topological polar surface area (TPSA) is 121 Å². The van der Waals surface area contributed by atoms with E-state index in [9.17, 15) is 9.59 Å². The van der Waals surface area contributed by atoms with Crippen LogP contribution in [0.2, 0.25) is 0 Å². The first-order valence-electron chi connectivity index (χ1n) is 6.31. The SMILES string of the molecule is CC(NC(=O)/C(C#N)=C\Nc1ccc2c(c1)OCO2)C(=O)O. The molecule has 1 aromatic rings. The Labute approximate surface area is 125 Å². The van der Waals surface area contributed by atoms with Gasteiger partial charge in [0.15, 0.2) is 11.5 Å². The van der Waals surface area contributed by atoms with Gasteiger partial charge in [0.25, 0.3) is 5.91 Å². The van der Waals surface area contributed by atoms with Crippen LogP contribution in [0.15, 0.2) is 30.0 Å². The molecular formula is C14H13N3O5. The molecule has 1 heterocycles. The van der Waals surface area contributed by atoms with Crippen LogP contribution in [-0.2, 0) is 9.59 Å². The Morgan fingerprint density at radius 1 is 1.41 bits per heavy atom. The second-order valence-corrected chi connectivity index (χ2v) is 4.42. The summed E-state index contributed by atoms with van der Waals surface area (Å²) in [6.07, 6.45) is 1.20. The number of hydrogen-bond donors (Lipinski definition) is 3. The van der Waals surface area contributed by atoms with E-state index in [4.69, 9.17) is 19.8 Å². The van der Waals surface area contributed by atoms with Gasteiger partial charge in [-0.3, -0.25) is 9.59 Å². The number of hydrogen-bond acceptors (Lipinski definition) is 6. The average Bonchev–Trinajstić information content (AvgIpc) is 2.95. The van der Waals surface area contributed by atoms with E-state index in [1.165, 1.54) is 13.1 Å². The summed E-state index contributed by atoms with van der Waals surface area (Å²) in [6.45, 7) is 1.45. The van der Waals surface area contributed by atoms with Crippen molar-refractivity contribution >= 4 is 17.6 Å². The van der Waals surface area contributed by atoms with E-state index in [1.807, 2.05) is 0 Å². The van der Waals surface area contributed by atoms with Crippen molar-refractivity contribution in [2.75, 3.05) is 12.1 Å². The van der Waals surface area contributed by atoms with Crippen LogP contribution in [0.5, 0.6) is 11.5 Å². The first kappa shape index (κ1) is 15.2. The monoisotopic (exact) mass is 303 g/mol. The Kier molecular flexibility index (Phi) is 4.48. The van der Waals surface area contributed by atoms with Gasteiger partial charge in [-0.25, -0.2) is 0 Å². The Balaban J connectivity index is 2.05. The summed E-state index contributed by atoms with van der Waals surface area (Å²) in [4.78, 5) is 22.4. The molecule has 0 aromatic heterocycles. The van der Waals surface area contributed by atoms with Gasteiger partial charge in [-0.05, 0) is 19.1 Å². The van der Waals surface area contributed by atoms with Crippen LogP contribution in [0.25, 0.3) is 0 Å². The van der Waals surface area contributed by atoms with E-state index < -0.39 is 17.9 Å². The minimum absolute atomic E-state index is 0.146. The molecule has 1 aliphatic rings. The number of anilines is 1. The maximum atomic E-state index is 11.7. The van der Waals surface area contributed by atoms with Gasteiger partial charge in [-0.2, -0.15) is 5.26 Å². The summed E-state index contributed by atoms with van der Waals surface area (Å²) >= 11 is 0. The number of carboxylic acid groups (broad SMARTS) is 1. The minimum atomic E-state index is -1.19. The molecule has 1 amide bonds. The van der Waals surface area contributed by atoms with E-state index in [-0.39, 0.29) is 12.4 Å². The van der Waals surface area contributed by atoms with Crippen LogP contribution in [0.1, 0.15) is 6.92 Å². The molecule has 0 aliphatic carbocycles. The Morgan fingerprint density at radius 2 is 2.14 bits per heavy atom. The molecule has 1 aliphatic heterocycles. The molecule has 0 saturated carbocycles. The molecule has 3 N–H and O–H groups in total. The van der Waals surface area contributed by atoms with Gasteiger partial charge in [0.1, 0.15) is 17.7 Å². The largest absolute Gasteiger partial charge is 0.480 e. The molecular weight excluding hydrogens is 290 g/mol. The van der Waals surface area contributed by atoms with Gasteiger partial charge >= 0.3 is 5.97 Å². The van der Waals surface area contributed by atoms with Gasteiger partial charge in [0, 0.05) is 18.0 Å². The lowest BCUT2D eigenvalue weighted by molar-refractivity contribution is -0.140. The second kappa shape index (κ2) is 6.49. The molecule has 1 aromatic carbocycles. The fourth-order valence-electron chi connectivity index (χ4n) is 1.63. The average molecular weight is 303 g/mol. The molecule has 0 spiro atoms. The van der Waals surface area contributed by atoms with Crippen LogP contribution < -0.4 is 20.1 Å². The van der Waals surface area contributed by atoms with Crippen LogP contribution in [0.4, 0.5) is 5.69 Å². The summed E-state index contributed by atoms with van der Waals surface area (Å²) in [5.41, 5.74) is 0.349. The number of carbonyl (C=O) groups is 2. The summed E-state index contributed by atoms with van der Waals surface area (Å²) < 4.78 is 10.4. The van der Waals surface area contributed by atoms with Crippen molar-refractivity contribution in [1.82, 2.24) is 5.32 Å². The Bertz CT molecular complexity index is 678. The van der Waals surface area contributed by atoms with Gasteiger partial charge in [-0.1, -0.05) is 0 Å². The standard InChI is InChI=1S/C14H13N3O5/c1-8(14(19)20)17-13(18)9(5-15)6-16-10-2-3-11-12(4-10)22-7-21-11/h2-4,6,8,16H,7H2,1H3,(H,17,18)(H,19,20)/b9-6-. The first-order valence-corrected chi connectivity index (χ1v) is 6.31. The van der Waals surface area contributed by atoms with Crippen molar-refractivity contribution in [3.63, 3.8) is 0 Å². The highest BCUT2D eigenvalue weighted by Crippen LogP contribution is 2.34. The van der Waals surface area contributed by atoms with Crippen molar-refractivity contribution in [3.8, 4) is 17.6 Å². The van der Waals surface area contributed by atoms with E-state index >= 15 is 0 Å². The summed E-state index contributed by atoms with van der Waals surface area (Å²) in [6, 6.07) is 5.66. The predicted octanol–water partition coefficient (Wildman–Crippen LogP) is 0.824. The fraction of sp³-hybridized carbons (Fsp3) is 0.214. The second-order valence-electron chi connectivity index (χ2n) is 4.42. The lowest BCUT2D eigenvalue weighted by atomic mass is 10.2. The maximum absolute atomic E-state index is 11.7. The molecule has 22 heavy (non-hydrogen) atoms. The molecule has 0 bridgehead atoms. The van der Waals surface area contributed by atoms with Crippen LogP contribution >= 0.6 is 0 Å². The van der Waals surface area contributed by atoms with Gasteiger partial charge in [0.2, 0.25) is 6.79 Å². The summed E-state index contributed by atoms with van der Waals surface area (Å²) in [5, 5.41) is 22.7.